The first-order valence-corrected chi connectivity index (χ1v) is 11.1. The third-order valence-corrected chi connectivity index (χ3v) is 6.29. The van der Waals surface area contributed by atoms with Crippen LogP contribution in [0.3, 0.4) is 0 Å². The van der Waals surface area contributed by atoms with E-state index in [1.54, 1.807) is 0 Å². The number of carboxylic acids is 1. The minimum absolute atomic E-state index is 0.0476. The van der Waals surface area contributed by atoms with Gasteiger partial charge in [0.05, 0.1) is 6.42 Å². The molecule has 1 heterocycles. The molecular formula is C24H26O5S. The topological polar surface area (TPSA) is 83.8 Å². The average Bonchev–Trinajstić information content (AvgIpc) is 2.74. The fraction of sp³-hybridized carbons (Fsp3) is 0.333. The van der Waals surface area contributed by atoms with Crippen molar-refractivity contribution in [2.24, 2.45) is 0 Å². The quantitative estimate of drug-likeness (QED) is 0.400. The zero-order valence-corrected chi connectivity index (χ0v) is 17.6. The van der Waals surface area contributed by atoms with Crippen molar-refractivity contribution in [1.29, 1.82) is 0 Å². The monoisotopic (exact) mass is 426 g/mol. The molecule has 0 aliphatic carbocycles. The van der Waals surface area contributed by atoms with Crippen LogP contribution in [0.5, 0.6) is 0 Å². The molecule has 158 valence electrons. The molecule has 2 aromatic carbocycles. The summed E-state index contributed by atoms with van der Waals surface area (Å²) in [5.41, 5.74) is 1.02. The predicted molar refractivity (Wildman–Crippen MR) is 117 cm³/mol. The number of carbonyl (C=O) groups is 2. The van der Waals surface area contributed by atoms with Crippen LogP contribution in [0.2, 0.25) is 0 Å². The first kappa shape index (κ1) is 22.0. The van der Waals surface area contributed by atoms with E-state index >= 15 is 0 Å². The third-order valence-electron chi connectivity index (χ3n) is 5.19. The number of aliphatic carboxylic acids is 1. The maximum atomic E-state index is 12.8. The van der Waals surface area contributed by atoms with Gasteiger partial charge in [0, 0.05) is 12.2 Å². The molecule has 1 atom stereocenters. The molecule has 2 aromatic rings. The lowest BCUT2D eigenvalue weighted by Gasteiger charge is -2.37. The molecule has 0 saturated heterocycles. The molecule has 0 saturated carbocycles. The number of rotatable bonds is 10. The van der Waals surface area contributed by atoms with Gasteiger partial charge in [0.2, 0.25) is 0 Å². The lowest BCUT2D eigenvalue weighted by molar-refractivity contribution is -0.160. The van der Waals surface area contributed by atoms with Gasteiger partial charge in [-0.2, -0.15) is 0 Å². The summed E-state index contributed by atoms with van der Waals surface area (Å²) in [5.74, 6) is -0.648. The van der Waals surface area contributed by atoms with Crippen molar-refractivity contribution < 1.29 is 24.5 Å². The number of carbonyl (C=O) groups excluding carboxylic acids is 1. The second-order valence-electron chi connectivity index (χ2n) is 7.39. The number of esters is 1. The molecule has 0 aromatic heterocycles. The lowest BCUT2D eigenvalue weighted by Crippen LogP contribution is -2.37. The second-order valence-corrected chi connectivity index (χ2v) is 8.49. The van der Waals surface area contributed by atoms with Crippen LogP contribution in [-0.4, -0.2) is 27.9 Å². The molecule has 2 N–H and O–H groups in total. The maximum absolute atomic E-state index is 12.8. The van der Waals surface area contributed by atoms with Gasteiger partial charge in [-0.25, -0.2) is 4.79 Å². The zero-order chi connectivity index (χ0) is 21.4. The minimum Gasteiger partial charge on any atom is -0.511 e. The van der Waals surface area contributed by atoms with E-state index in [0.717, 1.165) is 12.0 Å². The molecule has 0 fully saturated rings. The van der Waals surface area contributed by atoms with Crippen LogP contribution < -0.4 is 0 Å². The van der Waals surface area contributed by atoms with Gasteiger partial charge in [0.25, 0.3) is 0 Å². The molecule has 1 aliphatic rings. The second kappa shape index (κ2) is 10.3. The van der Waals surface area contributed by atoms with Crippen molar-refractivity contribution in [3.8, 4) is 0 Å². The Morgan fingerprint density at radius 2 is 1.70 bits per heavy atom. The van der Waals surface area contributed by atoms with E-state index in [1.807, 2.05) is 60.7 Å². The van der Waals surface area contributed by atoms with E-state index in [1.165, 1.54) is 17.3 Å². The van der Waals surface area contributed by atoms with Crippen LogP contribution in [0, 0.1) is 0 Å². The third kappa shape index (κ3) is 5.66. The van der Waals surface area contributed by atoms with Crippen LogP contribution in [0.4, 0.5) is 0 Å². The van der Waals surface area contributed by atoms with Crippen LogP contribution in [0.15, 0.2) is 71.3 Å². The first-order chi connectivity index (χ1) is 14.5. The molecular weight excluding hydrogens is 400 g/mol. The summed E-state index contributed by atoms with van der Waals surface area (Å²) in [6, 6.07) is 19.4. The number of hydrogen-bond acceptors (Lipinski definition) is 5. The summed E-state index contributed by atoms with van der Waals surface area (Å²) in [6.07, 6.45) is 2.59. The number of unbranched alkanes of at least 4 members (excludes halogenated alkanes) is 1. The highest BCUT2D eigenvalue weighted by atomic mass is 32.2. The van der Waals surface area contributed by atoms with E-state index < -0.39 is 17.5 Å². The maximum Gasteiger partial charge on any atom is 0.348 e. The van der Waals surface area contributed by atoms with E-state index in [-0.39, 0.29) is 23.5 Å². The van der Waals surface area contributed by atoms with Crippen molar-refractivity contribution in [2.75, 3.05) is 5.75 Å². The number of ether oxygens (including phenoxy) is 1. The zero-order valence-electron chi connectivity index (χ0n) is 16.8. The van der Waals surface area contributed by atoms with Crippen molar-refractivity contribution in [2.45, 2.75) is 44.1 Å². The molecule has 1 aliphatic heterocycles. The van der Waals surface area contributed by atoms with Gasteiger partial charge >= 0.3 is 11.9 Å². The molecule has 0 amide bonds. The van der Waals surface area contributed by atoms with E-state index in [4.69, 9.17) is 9.84 Å². The molecule has 30 heavy (non-hydrogen) atoms. The number of aliphatic hydroxyl groups is 1. The van der Waals surface area contributed by atoms with Crippen molar-refractivity contribution in [3.05, 3.63) is 82.5 Å². The van der Waals surface area contributed by atoms with E-state index in [2.05, 4.69) is 0 Å². The van der Waals surface area contributed by atoms with E-state index in [9.17, 15) is 14.7 Å². The van der Waals surface area contributed by atoms with Gasteiger partial charge in [0.1, 0.15) is 16.3 Å². The van der Waals surface area contributed by atoms with Gasteiger partial charge < -0.3 is 14.9 Å². The molecule has 3 rings (SSSR count). The summed E-state index contributed by atoms with van der Waals surface area (Å²) in [4.78, 5) is 23.9. The number of thioether (sulfide) groups is 1. The Hall–Kier alpha value is -2.73. The minimum atomic E-state index is -0.968. The summed E-state index contributed by atoms with van der Waals surface area (Å²) in [7, 11) is 0. The summed E-state index contributed by atoms with van der Waals surface area (Å²) in [6.45, 7) is 0. The summed E-state index contributed by atoms with van der Waals surface area (Å²) in [5, 5.41) is 19.6. The number of hydrogen-bond donors (Lipinski definition) is 2. The highest BCUT2D eigenvalue weighted by Crippen LogP contribution is 2.43. The Labute approximate surface area is 180 Å². The first-order valence-electron chi connectivity index (χ1n) is 10.1. The Kier molecular flexibility index (Phi) is 7.57. The standard InChI is InChI=1S/C24H26O5S/c25-20-17-24(15-8-7-13-21(26)27,19-11-5-2-6-12-19)29-23(28)22(20)30-16-14-18-9-3-1-4-10-18/h1-6,9-12,25H,7-8,13-17H2,(H,26,27). The van der Waals surface area contributed by atoms with Gasteiger partial charge in [-0.15, -0.1) is 11.8 Å². The molecule has 1 unspecified atom stereocenters. The Morgan fingerprint density at radius 1 is 1.03 bits per heavy atom. The number of cyclic esters (lactones) is 1. The Balaban J connectivity index is 1.72. The SMILES string of the molecule is O=C(O)CCCCC1(c2ccccc2)CC(O)=C(SCCc2ccccc2)C(=O)O1. The van der Waals surface area contributed by atoms with Gasteiger partial charge in [-0.1, -0.05) is 60.7 Å². The molecule has 0 radical (unpaired) electrons. The number of aliphatic hydroxyl groups excluding tert-OH is 1. The fourth-order valence-electron chi connectivity index (χ4n) is 3.66. The average molecular weight is 427 g/mol. The largest absolute Gasteiger partial charge is 0.511 e. The highest BCUT2D eigenvalue weighted by Gasteiger charge is 2.43. The van der Waals surface area contributed by atoms with Crippen LogP contribution >= 0.6 is 11.8 Å². The Bertz CT molecular complexity index is 894. The summed E-state index contributed by atoms with van der Waals surface area (Å²) >= 11 is 1.31. The number of carboxylic acid groups (broad SMARTS) is 1. The normalized spacial score (nSPS) is 18.9. The lowest BCUT2D eigenvalue weighted by atomic mass is 9.83. The van der Waals surface area contributed by atoms with Crippen molar-refractivity contribution in [1.82, 2.24) is 0 Å². The fourth-order valence-corrected chi connectivity index (χ4v) is 4.60. The van der Waals surface area contributed by atoms with Gasteiger partial charge in [-0.05, 0) is 36.8 Å². The van der Waals surface area contributed by atoms with Crippen molar-refractivity contribution in [3.63, 3.8) is 0 Å². The number of aryl methyl sites for hydroxylation is 1. The highest BCUT2D eigenvalue weighted by molar-refractivity contribution is 8.04. The Morgan fingerprint density at radius 3 is 2.33 bits per heavy atom. The smallest absolute Gasteiger partial charge is 0.348 e. The summed E-state index contributed by atoms with van der Waals surface area (Å²) < 4.78 is 5.93. The number of benzene rings is 2. The van der Waals surface area contributed by atoms with Crippen LogP contribution in [0.1, 0.15) is 43.2 Å². The molecule has 5 nitrogen and oxygen atoms in total. The van der Waals surface area contributed by atoms with Crippen LogP contribution in [0.25, 0.3) is 0 Å². The molecule has 6 heteroatoms. The van der Waals surface area contributed by atoms with Crippen LogP contribution in [-0.2, 0) is 26.3 Å². The molecule has 0 spiro atoms. The van der Waals surface area contributed by atoms with Gasteiger partial charge in [-0.3, -0.25) is 4.79 Å². The predicted octanol–water partition coefficient (Wildman–Crippen LogP) is 5.22. The van der Waals surface area contributed by atoms with Gasteiger partial charge in [0.15, 0.2) is 0 Å². The molecule has 0 bridgehead atoms. The van der Waals surface area contributed by atoms with Crippen molar-refractivity contribution >= 4 is 23.7 Å². The van der Waals surface area contributed by atoms with E-state index in [0.29, 0.717) is 25.0 Å².